The van der Waals surface area contributed by atoms with Gasteiger partial charge in [-0.25, -0.2) is 8.78 Å². The van der Waals surface area contributed by atoms with E-state index in [1.54, 1.807) is 0 Å². The van der Waals surface area contributed by atoms with Gasteiger partial charge in [0, 0.05) is 18.2 Å². The van der Waals surface area contributed by atoms with Crippen LogP contribution in [-0.2, 0) is 11.2 Å². The van der Waals surface area contributed by atoms with Crippen LogP contribution in [-0.4, -0.2) is 26.8 Å². The maximum absolute atomic E-state index is 13.6. The van der Waals surface area contributed by atoms with E-state index in [0.717, 1.165) is 6.42 Å². The first kappa shape index (κ1) is 12.0. The van der Waals surface area contributed by atoms with Crippen molar-refractivity contribution in [3.8, 4) is 0 Å². The van der Waals surface area contributed by atoms with Crippen LogP contribution in [0, 0.1) is 0 Å². The number of aromatic nitrogens is 2. The van der Waals surface area contributed by atoms with Gasteiger partial charge < -0.3 is 5.11 Å². The van der Waals surface area contributed by atoms with Gasteiger partial charge in [-0.15, -0.1) is 0 Å². The van der Waals surface area contributed by atoms with Crippen molar-refractivity contribution in [1.82, 2.24) is 9.78 Å². The molecule has 1 aliphatic rings. The second-order valence-corrected chi connectivity index (χ2v) is 4.42. The number of aliphatic carboxylic acids is 1. The highest BCUT2D eigenvalue weighted by Crippen LogP contribution is 2.41. The summed E-state index contributed by atoms with van der Waals surface area (Å²) in [6.07, 6.45) is 4.14. The van der Waals surface area contributed by atoms with Crippen molar-refractivity contribution in [2.75, 3.05) is 0 Å². The van der Waals surface area contributed by atoms with E-state index in [1.807, 2.05) is 0 Å². The summed E-state index contributed by atoms with van der Waals surface area (Å²) in [6.45, 7) is 0. The Balaban J connectivity index is 2.15. The van der Waals surface area contributed by atoms with E-state index in [9.17, 15) is 13.6 Å². The minimum Gasteiger partial charge on any atom is -0.481 e. The summed E-state index contributed by atoms with van der Waals surface area (Å²) in [7, 11) is 0. The van der Waals surface area contributed by atoms with Crippen molar-refractivity contribution in [3.05, 3.63) is 18.0 Å². The molecule has 1 fully saturated rings. The van der Waals surface area contributed by atoms with E-state index in [4.69, 9.17) is 5.11 Å². The van der Waals surface area contributed by atoms with Gasteiger partial charge in [0.2, 0.25) is 0 Å². The number of carboxylic acids is 1. The summed E-state index contributed by atoms with van der Waals surface area (Å²) >= 11 is 0. The first-order valence-corrected chi connectivity index (χ1v) is 5.62. The van der Waals surface area contributed by atoms with Crippen LogP contribution >= 0.6 is 0 Å². The molecule has 0 radical (unpaired) electrons. The minimum atomic E-state index is -2.75. The van der Waals surface area contributed by atoms with E-state index in [-0.39, 0.29) is 12.8 Å². The highest BCUT2D eigenvalue weighted by atomic mass is 19.3. The molecule has 0 spiro atoms. The molecule has 1 heterocycles. The minimum absolute atomic E-state index is 0.119. The van der Waals surface area contributed by atoms with E-state index < -0.39 is 17.9 Å². The number of alkyl halides is 2. The fourth-order valence-electron chi connectivity index (χ4n) is 2.22. The normalized spacial score (nSPS) is 23.5. The lowest BCUT2D eigenvalue weighted by molar-refractivity contribution is -0.136. The lowest BCUT2D eigenvalue weighted by atomic mass is 9.92. The van der Waals surface area contributed by atoms with Crippen molar-refractivity contribution < 1.29 is 18.7 Å². The Morgan fingerprint density at radius 2 is 2.35 bits per heavy atom. The second-order valence-electron chi connectivity index (χ2n) is 4.42. The zero-order valence-corrected chi connectivity index (χ0v) is 9.27. The van der Waals surface area contributed by atoms with Crippen LogP contribution in [0.3, 0.4) is 0 Å². The van der Waals surface area contributed by atoms with Crippen molar-refractivity contribution in [1.29, 1.82) is 0 Å². The molecule has 94 valence electrons. The number of nitrogens with zero attached hydrogens (tertiary/aromatic N) is 2. The van der Waals surface area contributed by atoms with Crippen LogP contribution in [0.2, 0.25) is 0 Å². The molecule has 17 heavy (non-hydrogen) atoms. The standard InChI is InChI=1S/C11H14F2N2O2/c12-11(13)4-2-1-3-9(11)15-7-8(6-14-15)5-10(16)17/h6-7,9H,1-5H2,(H,16,17). The average Bonchev–Trinajstić information content (AvgIpc) is 2.64. The summed E-state index contributed by atoms with van der Waals surface area (Å²) < 4.78 is 28.5. The highest BCUT2D eigenvalue weighted by molar-refractivity contribution is 5.69. The fourth-order valence-corrected chi connectivity index (χ4v) is 2.22. The number of hydrogen-bond donors (Lipinski definition) is 1. The molecule has 1 aromatic heterocycles. The van der Waals surface area contributed by atoms with Crippen molar-refractivity contribution in [2.45, 2.75) is 44.1 Å². The first-order chi connectivity index (χ1) is 7.99. The van der Waals surface area contributed by atoms with Crippen molar-refractivity contribution in [2.24, 2.45) is 0 Å². The topological polar surface area (TPSA) is 55.1 Å². The highest BCUT2D eigenvalue weighted by Gasteiger charge is 2.43. The van der Waals surface area contributed by atoms with Gasteiger partial charge in [0.05, 0.1) is 12.6 Å². The molecule has 0 aromatic carbocycles. The Morgan fingerprint density at radius 3 is 3.00 bits per heavy atom. The fraction of sp³-hybridized carbons (Fsp3) is 0.636. The Morgan fingerprint density at radius 1 is 1.59 bits per heavy atom. The van der Waals surface area contributed by atoms with Gasteiger partial charge in [-0.05, 0) is 12.8 Å². The zero-order valence-electron chi connectivity index (χ0n) is 9.27. The van der Waals surface area contributed by atoms with Gasteiger partial charge in [0.1, 0.15) is 6.04 Å². The van der Waals surface area contributed by atoms with Crippen molar-refractivity contribution in [3.63, 3.8) is 0 Å². The number of halogens is 2. The molecule has 0 saturated heterocycles. The smallest absolute Gasteiger partial charge is 0.307 e. The van der Waals surface area contributed by atoms with E-state index in [2.05, 4.69) is 5.10 Å². The SMILES string of the molecule is O=C(O)Cc1cnn(C2CCCCC2(F)F)c1. The van der Waals surface area contributed by atoms with Crippen molar-refractivity contribution >= 4 is 5.97 Å². The molecular formula is C11H14F2N2O2. The molecular weight excluding hydrogens is 230 g/mol. The molecule has 0 bridgehead atoms. The summed E-state index contributed by atoms with van der Waals surface area (Å²) in [5, 5.41) is 12.5. The predicted octanol–water partition coefficient (Wildman–Crippen LogP) is 2.26. The quantitative estimate of drug-likeness (QED) is 0.887. The maximum atomic E-state index is 13.6. The monoisotopic (exact) mass is 244 g/mol. The molecule has 1 aliphatic carbocycles. The van der Waals surface area contributed by atoms with Gasteiger partial charge in [0.25, 0.3) is 5.92 Å². The zero-order chi connectivity index (χ0) is 12.5. The van der Waals surface area contributed by atoms with Crippen LogP contribution in [0.1, 0.15) is 37.3 Å². The molecule has 1 N–H and O–H groups in total. The molecule has 1 unspecified atom stereocenters. The van der Waals surface area contributed by atoms with Crippen LogP contribution in [0.5, 0.6) is 0 Å². The number of carboxylic acid groups (broad SMARTS) is 1. The lowest BCUT2D eigenvalue weighted by Gasteiger charge is -2.31. The summed E-state index contributed by atoms with van der Waals surface area (Å²) in [5.74, 6) is -3.73. The number of rotatable bonds is 3. The number of hydrogen-bond acceptors (Lipinski definition) is 2. The third kappa shape index (κ3) is 2.62. The molecule has 0 aliphatic heterocycles. The van der Waals surface area contributed by atoms with E-state index in [0.29, 0.717) is 18.4 Å². The Bertz CT molecular complexity index is 417. The predicted molar refractivity (Wildman–Crippen MR) is 56.0 cm³/mol. The van der Waals surface area contributed by atoms with E-state index in [1.165, 1.54) is 17.1 Å². The van der Waals surface area contributed by atoms with Crippen LogP contribution < -0.4 is 0 Å². The van der Waals surface area contributed by atoms with Crippen LogP contribution in [0.15, 0.2) is 12.4 Å². The largest absolute Gasteiger partial charge is 0.481 e. The molecule has 1 aromatic rings. The van der Waals surface area contributed by atoms with Crippen LogP contribution in [0.25, 0.3) is 0 Å². The van der Waals surface area contributed by atoms with Gasteiger partial charge in [-0.3, -0.25) is 9.48 Å². The molecule has 1 saturated carbocycles. The average molecular weight is 244 g/mol. The maximum Gasteiger partial charge on any atom is 0.307 e. The Labute approximate surface area is 97.2 Å². The van der Waals surface area contributed by atoms with E-state index >= 15 is 0 Å². The molecule has 4 nitrogen and oxygen atoms in total. The van der Waals surface area contributed by atoms with Gasteiger partial charge in [-0.2, -0.15) is 5.10 Å². The second kappa shape index (κ2) is 4.43. The van der Waals surface area contributed by atoms with Gasteiger partial charge in [0.15, 0.2) is 0 Å². The summed E-state index contributed by atoms with van der Waals surface area (Å²) in [4.78, 5) is 10.5. The summed E-state index contributed by atoms with van der Waals surface area (Å²) in [5.41, 5.74) is 0.457. The van der Waals surface area contributed by atoms with Crippen LogP contribution in [0.4, 0.5) is 8.78 Å². The van der Waals surface area contributed by atoms with Gasteiger partial charge >= 0.3 is 5.97 Å². The molecule has 2 rings (SSSR count). The molecule has 1 atom stereocenters. The summed E-state index contributed by atoms with van der Waals surface area (Å²) in [6, 6.07) is -0.932. The Hall–Kier alpha value is -1.46. The number of carbonyl (C=O) groups is 1. The molecule has 6 heteroatoms. The first-order valence-electron chi connectivity index (χ1n) is 5.62. The molecule has 0 amide bonds. The van der Waals surface area contributed by atoms with Gasteiger partial charge in [-0.1, -0.05) is 6.42 Å². The Kier molecular flexibility index (Phi) is 3.13. The third-order valence-electron chi connectivity index (χ3n) is 3.05. The third-order valence-corrected chi connectivity index (χ3v) is 3.05. The lowest BCUT2D eigenvalue weighted by Crippen LogP contribution is -2.34.